The van der Waals surface area contributed by atoms with Crippen LogP contribution < -0.4 is 4.74 Å². The number of nitrogens with zero attached hydrogens (tertiary/aromatic N) is 1. The van der Waals surface area contributed by atoms with Crippen LogP contribution in [-0.2, 0) is 20.3 Å². The van der Waals surface area contributed by atoms with E-state index in [1.54, 1.807) is 30.3 Å². The minimum absolute atomic E-state index is 0.0207. The van der Waals surface area contributed by atoms with E-state index in [9.17, 15) is 13.2 Å². The highest BCUT2D eigenvalue weighted by atomic mass is 32.2. The fourth-order valence-corrected chi connectivity index (χ4v) is 5.11. The van der Waals surface area contributed by atoms with Crippen LogP contribution in [0.1, 0.15) is 15.9 Å². The number of fused-ring (bicyclic) bond motifs is 1. The van der Waals surface area contributed by atoms with E-state index in [-0.39, 0.29) is 21.4 Å². The van der Waals surface area contributed by atoms with E-state index in [4.69, 9.17) is 9.47 Å². The van der Waals surface area contributed by atoms with E-state index >= 15 is 0 Å². The highest BCUT2D eigenvalue weighted by Gasteiger charge is 2.25. The fourth-order valence-electron chi connectivity index (χ4n) is 2.45. The first-order valence-electron chi connectivity index (χ1n) is 7.29. The molecule has 0 bridgehead atoms. The first kappa shape index (κ1) is 17.4. The van der Waals surface area contributed by atoms with Crippen molar-refractivity contribution >= 4 is 37.4 Å². The predicted molar refractivity (Wildman–Crippen MR) is 94.8 cm³/mol. The molecule has 0 unspecified atom stereocenters. The lowest BCUT2D eigenvalue weighted by atomic mass is 10.1. The van der Waals surface area contributed by atoms with Gasteiger partial charge < -0.3 is 9.47 Å². The lowest BCUT2D eigenvalue weighted by Crippen LogP contribution is -2.12. The molecule has 0 amide bonds. The Kier molecular flexibility index (Phi) is 4.73. The molecular formula is C17H15NO5S2. The number of sulfone groups is 1. The maximum Gasteiger partial charge on any atom is 0.341 e. The minimum Gasteiger partial charge on any atom is -0.496 e. The third-order valence-corrected chi connectivity index (χ3v) is 6.77. The molecule has 0 N–H and O–H groups in total. The molecular weight excluding hydrogens is 362 g/mol. The second-order valence-electron chi connectivity index (χ2n) is 5.19. The molecule has 8 heteroatoms. The summed E-state index contributed by atoms with van der Waals surface area (Å²) in [7, 11) is -1.07. The van der Waals surface area contributed by atoms with Crippen LogP contribution in [0.25, 0.3) is 10.2 Å². The predicted octanol–water partition coefficient (Wildman–Crippen LogP) is 3.07. The van der Waals surface area contributed by atoms with E-state index in [0.717, 1.165) is 16.0 Å². The summed E-state index contributed by atoms with van der Waals surface area (Å²) in [4.78, 5) is 16.3. The Morgan fingerprint density at radius 3 is 2.56 bits per heavy atom. The summed E-state index contributed by atoms with van der Waals surface area (Å²) in [5, 5.41) is 0. The first-order valence-corrected chi connectivity index (χ1v) is 9.75. The first-order chi connectivity index (χ1) is 12.0. The van der Waals surface area contributed by atoms with E-state index < -0.39 is 15.8 Å². The quantitative estimate of drug-likeness (QED) is 0.636. The molecule has 0 aliphatic heterocycles. The Bertz CT molecular complexity index is 1010. The van der Waals surface area contributed by atoms with Gasteiger partial charge in [-0.05, 0) is 23.8 Å². The number of carbonyl (C=O) groups is 1. The van der Waals surface area contributed by atoms with Crippen LogP contribution >= 0.6 is 11.3 Å². The van der Waals surface area contributed by atoms with E-state index in [2.05, 4.69) is 4.98 Å². The zero-order valence-electron chi connectivity index (χ0n) is 13.6. The Morgan fingerprint density at radius 2 is 1.88 bits per heavy atom. The van der Waals surface area contributed by atoms with Crippen molar-refractivity contribution in [2.75, 3.05) is 14.2 Å². The molecule has 2 aromatic carbocycles. The monoisotopic (exact) mass is 377 g/mol. The number of aromatic nitrogens is 1. The summed E-state index contributed by atoms with van der Waals surface area (Å²) >= 11 is 1.11. The third-order valence-electron chi connectivity index (χ3n) is 3.61. The minimum atomic E-state index is -3.72. The van der Waals surface area contributed by atoms with Crippen LogP contribution in [0.2, 0.25) is 0 Å². The number of methoxy groups -OCH3 is 2. The topological polar surface area (TPSA) is 82.6 Å². The number of rotatable bonds is 5. The Balaban J connectivity index is 2.05. The summed E-state index contributed by atoms with van der Waals surface area (Å²) in [5.74, 6) is -0.746. The van der Waals surface area contributed by atoms with Crippen LogP contribution in [-0.4, -0.2) is 33.6 Å². The number of thiazole rings is 1. The van der Waals surface area contributed by atoms with Crippen molar-refractivity contribution in [1.29, 1.82) is 0 Å². The molecule has 0 spiro atoms. The second-order valence-corrected chi connectivity index (χ2v) is 8.39. The molecule has 0 radical (unpaired) electrons. The van der Waals surface area contributed by atoms with E-state index in [1.165, 1.54) is 14.2 Å². The molecule has 0 saturated heterocycles. The number of carbonyl (C=O) groups excluding carboxylic acids is 1. The van der Waals surface area contributed by atoms with Gasteiger partial charge in [0.05, 0.1) is 30.2 Å². The Morgan fingerprint density at radius 1 is 1.12 bits per heavy atom. The van der Waals surface area contributed by atoms with Gasteiger partial charge in [0, 0.05) is 0 Å². The maximum atomic E-state index is 12.8. The zero-order chi connectivity index (χ0) is 18.0. The highest BCUT2D eigenvalue weighted by Crippen LogP contribution is 2.30. The molecule has 0 saturated carbocycles. The van der Waals surface area contributed by atoms with Gasteiger partial charge in [0.1, 0.15) is 11.3 Å². The van der Waals surface area contributed by atoms with Gasteiger partial charge in [-0.1, -0.05) is 24.3 Å². The molecule has 0 fully saturated rings. The van der Waals surface area contributed by atoms with Crippen molar-refractivity contribution in [1.82, 2.24) is 4.98 Å². The van der Waals surface area contributed by atoms with Crippen molar-refractivity contribution in [3.63, 3.8) is 0 Å². The largest absolute Gasteiger partial charge is 0.496 e. The van der Waals surface area contributed by atoms with Gasteiger partial charge in [-0.15, -0.1) is 11.3 Å². The molecule has 0 atom stereocenters. The van der Waals surface area contributed by atoms with Crippen molar-refractivity contribution in [3.05, 3.63) is 53.6 Å². The van der Waals surface area contributed by atoms with Gasteiger partial charge in [-0.3, -0.25) is 0 Å². The summed E-state index contributed by atoms with van der Waals surface area (Å²) in [6.07, 6.45) is 0. The Hall–Kier alpha value is -2.45. The Labute approximate surface area is 149 Å². The molecule has 1 aromatic heterocycles. The standard InChI is InChI=1S/C17H15NO5S2/c1-22-13-8-5-6-11(15(13)16(19)23-2)10-25(20,21)17-18-12-7-3-4-9-14(12)24-17/h3-9H,10H2,1-2H3. The molecule has 130 valence electrons. The third kappa shape index (κ3) is 3.35. The normalized spacial score (nSPS) is 11.4. The number of hydrogen-bond acceptors (Lipinski definition) is 7. The smallest absolute Gasteiger partial charge is 0.341 e. The van der Waals surface area contributed by atoms with Gasteiger partial charge in [0.15, 0.2) is 0 Å². The van der Waals surface area contributed by atoms with Gasteiger partial charge in [0.2, 0.25) is 14.2 Å². The molecule has 1 heterocycles. The average Bonchev–Trinajstić information content (AvgIpc) is 3.05. The number of hydrogen-bond donors (Lipinski definition) is 0. The van der Waals surface area contributed by atoms with E-state index in [1.807, 2.05) is 12.1 Å². The lowest BCUT2D eigenvalue weighted by Gasteiger charge is -2.11. The number of esters is 1. The number of ether oxygens (including phenoxy) is 2. The summed E-state index contributed by atoms with van der Waals surface area (Å²) in [6, 6.07) is 12.0. The number of para-hydroxylation sites is 1. The van der Waals surface area contributed by atoms with Gasteiger partial charge in [-0.2, -0.15) is 0 Å². The van der Waals surface area contributed by atoms with Crippen molar-refractivity contribution in [3.8, 4) is 5.75 Å². The molecule has 25 heavy (non-hydrogen) atoms. The lowest BCUT2D eigenvalue weighted by molar-refractivity contribution is 0.0596. The summed E-state index contributed by atoms with van der Waals surface area (Å²) in [6.45, 7) is 0. The number of benzene rings is 2. The van der Waals surface area contributed by atoms with Crippen LogP contribution in [0.3, 0.4) is 0 Å². The van der Waals surface area contributed by atoms with Crippen molar-refractivity contribution < 1.29 is 22.7 Å². The molecule has 3 aromatic rings. The maximum absolute atomic E-state index is 12.8. The van der Waals surface area contributed by atoms with E-state index in [0.29, 0.717) is 11.1 Å². The van der Waals surface area contributed by atoms with Crippen molar-refractivity contribution in [2.24, 2.45) is 0 Å². The van der Waals surface area contributed by atoms with Crippen LogP contribution in [0, 0.1) is 0 Å². The van der Waals surface area contributed by atoms with Crippen LogP contribution in [0.15, 0.2) is 46.8 Å². The second kappa shape index (κ2) is 6.81. The SMILES string of the molecule is COC(=O)c1c(CS(=O)(=O)c2nc3ccccc3s2)cccc1OC. The zero-order valence-corrected chi connectivity index (χ0v) is 15.2. The molecule has 6 nitrogen and oxygen atoms in total. The van der Waals surface area contributed by atoms with Gasteiger partial charge in [-0.25, -0.2) is 18.2 Å². The van der Waals surface area contributed by atoms with Gasteiger partial charge in [0.25, 0.3) is 0 Å². The van der Waals surface area contributed by atoms with Crippen LogP contribution in [0.4, 0.5) is 0 Å². The van der Waals surface area contributed by atoms with Crippen molar-refractivity contribution in [2.45, 2.75) is 10.1 Å². The van der Waals surface area contributed by atoms with Gasteiger partial charge >= 0.3 is 5.97 Å². The van der Waals surface area contributed by atoms with Crippen LogP contribution in [0.5, 0.6) is 5.75 Å². The molecule has 0 aliphatic carbocycles. The fraction of sp³-hybridized carbons (Fsp3) is 0.176. The average molecular weight is 377 g/mol. The molecule has 0 aliphatic rings. The molecule has 3 rings (SSSR count). The summed E-state index contributed by atoms with van der Waals surface area (Å²) in [5.41, 5.74) is 1.05. The summed E-state index contributed by atoms with van der Waals surface area (Å²) < 4.78 is 36.3. The highest BCUT2D eigenvalue weighted by molar-refractivity contribution is 7.92.